The van der Waals surface area contributed by atoms with Crippen molar-refractivity contribution in [3.8, 4) is 0 Å². The summed E-state index contributed by atoms with van der Waals surface area (Å²) in [4.78, 5) is 15.2. The highest BCUT2D eigenvalue weighted by atomic mass is 32.2. The molecule has 0 fully saturated rings. The SMILES string of the molecule is Cc1c(CC(C)C(=O)O)nc2n1CCS2. The predicted molar refractivity (Wildman–Crippen MR) is 58.2 cm³/mol. The van der Waals surface area contributed by atoms with E-state index < -0.39 is 5.97 Å². The van der Waals surface area contributed by atoms with Gasteiger partial charge in [-0.25, -0.2) is 4.98 Å². The molecule has 0 amide bonds. The summed E-state index contributed by atoms with van der Waals surface area (Å²) in [6.07, 6.45) is 0.529. The van der Waals surface area contributed by atoms with Crippen LogP contribution in [0.15, 0.2) is 5.16 Å². The predicted octanol–water partition coefficient (Wildman–Crippen LogP) is 1.56. The first-order chi connectivity index (χ1) is 7.09. The molecule has 0 spiro atoms. The molecule has 0 radical (unpaired) electrons. The van der Waals surface area contributed by atoms with Crippen LogP contribution in [0.25, 0.3) is 0 Å². The molecule has 1 aliphatic rings. The maximum Gasteiger partial charge on any atom is 0.306 e. The average molecular weight is 226 g/mol. The number of hydrogen-bond acceptors (Lipinski definition) is 3. The molecule has 0 aliphatic carbocycles. The molecule has 0 aromatic carbocycles. The molecular weight excluding hydrogens is 212 g/mol. The van der Waals surface area contributed by atoms with Crippen molar-refractivity contribution in [2.45, 2.75) is 32.0 Å². The summed E-state index contributed by atoms with van der Waals surface area (Å²) in [7, 11) is 0. The quantitative estimate of drug-likeness (QED) is 0.849. The van der Waals surface area contributed by atoms with E-state index in [9.17, 15) is 4.79 Å². The van der Waals surface area contributed by atoms with Crippen molar-refractivity contribution < 1.29 is 9.90 Å². The van der Waals surface area contributed by atoms with E-state index in [-0.39, 0.29) is 5.92 Å². The van der Waals surface area contributed by atoms with Gasteiger partial charge in [-0.2, -0.15) is 0 Å². The van der Waals surface area contributed by atoms with Crippen LogP contribution < -0.4 is 0 Å². The van der Waals surface area contributed by atoms with Crippen molar-refractivity contribution in [1.82, 2.24) is 9.55 Å². The minimum Gasteiger partial charge on any atom is -0.481 e. The van der Waals surface area contributed by atoms with E-state index in [2.05, 4.69) is 9.55 Å². The summed E-state index contributed by atoms with van der Waals surface area (Å²) < 4.78 is 2.18. The van der Waals surface area contributed by atoms with Gasteiger partial charge in [-0.1, -0.05) is 18.7 Å². The second-order valence-corrected chi connectivity index (χ2v) is 4.93. The Balaban J connectivity index is 2.20. The Morgan fingerprint density at radius 2 is 2.47 bits per heavy atom. The molecule has 1 atom stereocenters. The fourth-order valence-corrected chi connectivity index (χ4v) is 2.74. The first-order valence-electron chi connectivity index (χ1n) is 5.01. The van der Waals surface area contributed by atoms with Crippen molar-refractivity contribution in [1.29, 1.82) is 0 Å². The fourth-order valence-electron chi connectivity index (χ4n) is 1.73. The molecule has 1 aromatic rings. The number of aromatic nitrogens is 2. The molecule has 82 valence electrons. The number of imidazole rings is 1. The van der Waals surface area contributed by atoms with Crippen molar-refractivity contribution in [2.75, 3.05) is 5.75 Å². The molecule has 1 aliphatic heterocycles. The van der Waals surface area contributed by atoms with Gasteiger partial charge in [0.15, 0.2) is 5.16 Å². The van der Waals surface area contributed by atoms with Gasteiger partial charge in [0.1, 0.15) is 0 Å². The monoisotopic (exact) mass is 226 g/mol. The molecule has 2 rings (SSSR count). The Bertz CT molecular complexity index is 400. The molecule has 5 heteroatoms. The highest BCUT2D eigenvalue weighted by Crippen LogP contribution is 2.28. The average Bonchev–Trinajstić information content (AvgIpc) is 2.71. The van der Waals surface area contributed by atoms with E-state index in [0.29, 0.717) is 6.42 Å². The first-order valence-corrected chi connectivity index (χ1v) is 5.99. The summed E-state index contributed by atoms with van der Waals surface area (Å²) in [5, 5.41) is 9.88. The van der Waals surface area contributed by atoms with Crippen molar-refractivity contribution in [3.63, 3.8) is 0 Å². The van der Waals surface area contributed by atoms with Crippen LogP contribution in [0, 0.1) is 12.8 Å². The van der Waals surface area contributed by atoms with Gasteiger partial charge in [0, 0.05) is 24.4 Å². The molecule has 2 heterocycles. The summed E-state index contributed by atoms with van der Waals surface area (Å²) in [5.41, 5.74) is 2.07. The molecule has 4 nitrogen and oxygen atoms in total. The molecular formula is C10H14N2O2S. The Hall–Kier alpha value is -0.970. The number of carboxylic acids is 1. The van der Waals surface area contributed by atoms with Gasteiger partial charge >= 0.3 is 5.97 Å². The molecule has 1 unspecified atom stereocenters. The summed E-state index contributed by atoms with van der Waals surface area (Å²) in [6, 6.07) is 0. The zero-order chi connectivity index (χ0) is 11.0. The van der Waals surface area contributed by atoms with Crippen molar-refractivity contribution in [3.05, 3.63) is 11.4 Å². The van der Waals surface area contributed by atoms with Gasteiger partial charge in [0.2, 0.25) is 0 Å². The van der Waals surface area contributed by atoms with Crippen LogP contribution in [0.1, 0.15) is 18.3 Å². The fraction of sp³-hybridized carbons (Fsp3) is 0.600. The normalized spacial score (nSPS) is 16.4. The molecule has 15 heavy (non-hydrogen) atoms. The van der Waals surface area contributed by atoms with Gasteiger partial charge in [-0.3, -0.25) is 4.79 Å². The molecule has 1 aromatic heterocycles. The Morgan fingerprint density at radius 1 is 1.73 bits per heavy atom. The van der Waals surface area contributed by atoms with Gasteiger partial charge in [0.25, 0.3) is 0 Å². The lowest BCUT2D eigenvalue weighted by molar-refractivity contribution is -0.141. The minimum absolute atomic E-state index is 0.357. The van der Waals surface area contributed by atoms with Crippen LogP contribution in [0.4, 0.5) is 0 Å². The van der Waals surface area contributed by atoms with Gasteiger partial charge < -0.3 is 9.67 Å². The standard InChI is InChI=1S/C10H14N2O2S/c1-6(9(13)14)5-8-7(2)12-3-4-15-10(12)11-8/h6H,3-5H2,1-2H3,(H,13,14). The zero-order valence-electron chi connectivity index (χ0n) is 8.86. The number of thioether (sulfide) groups is 1. The topological polar surface area (TPSA) is 55.1 Å². The first kappa shape index (κ1) is 10.5. The number of carboxylic acid groups (broad SMARTS) is 1. The molecule has 0 saturated carbocycles. The van der Waals surface area contributed by atoms with Gasteiger partial charge in [0.05, 0.1) is 11.6 Å². The third-order valence-corrected chi connectivity index (χ3v) is 3.71. The summed E-state index contributed by atoms with van der Waals surface area (Å²) >= 11 is 1.74. The highest BCUT2D eigenvalue weighted by molar-refractivity contribution is 7.99. The lowest BCUT2D eigenvalue weighted by Gasteiger charge is -2.05. The van der Waals surface area contributed by atoms with E-state index in [1.807, 2.05) is 6.92 Å². The molecule has 0 saturated heterocycles. The van der Waals surface area contributed by atoms with Gasteiger partial charge in [-0.05, 0) is 6.92 Å². The van der Waals surface area contributed by atoms with Crippen LogP contribution in [0.3, 0.4) is 0 Å². The Labute approximate surface area is 92.7 Å². The Kier molecular flexibility index (Phi) is 2.73. The largest absolute Gasteiger partial charge is 0.481 e. The third kappa shape index (κ3) is 1.88. The number of aliphatic carboxylic acids is 1. The van der Waals surface area contributed by atoms with Crippen molar-refractivity contribution >= 4 is 17.7 Å². The second-order valence-electron chi connectivity index (χ2n) is 3.87. The maximum absolute atomic E-state index is 10.8. The molecule has 1 N–H and O–H groups in total. The number of nitrogens with zero attached hydrogens (tertiary/aromatic N) is 2. The van der Waals surface area contributed by atoms with E-state index in [1.54, 1.807) is 18.7 Å². The molecule has 0 bridgehead atoms. The number of fused-ring (bicyclic) bond motifs is 1. The van der Waals surface area contributed by atoms with E-state index in [4.69, 9.17) is 5.11 Å². The summed E-state index contributed by atoms with van der Waals surface area (Å²) in [5.74, 6) is -0.0303. The summed E-state index contributed by atoms with van der Waals surface area (Å²) in [6.45, 7) is 4.74. The lowest BCUT2D eigenvalue weighted by atomic mass is 10.1. The number of hydrogen-bond donors (Lipinski definition) is 1. The highest BCUT2D eigenvalue weighted by Gasteiger charge is 2.21. The van der Waals surface area contributed by atoms with Crippen LogP contribution >= 0.6 is 11.8 Å². The van der Waals surface area contributed by atoms with Crippen LogP contribution in [-0.4, -0.2) is 26.4 Å². The third-order valence-electron chi connectivity index (χ3n) is 2.75. The minimum atomic E-state index is -0.754. The smallest absolute Gasteiger partial charge is 0.306 e. The number of carbonyl (C=O) groups is 1. The Morgan fingerprint density at radius 3 is 3.07 bits per heavy atom. The van der Waals surface area contributed by atoms with Crippen LogP contribution in [-0.2, 0) is 17.8 Å². The van der Waals surface area contributed by atoms with Crippen molar-refractivity contribution in [2.24, 2.45) is 5.92 Å². The van der Waals surface area contributed by atoms with E-state index in [0.717, 1.165) is 28.8 Å². The van der Waals surface area contributed by atoms with Crippen LogP contribution in [0.2, 0.25) is 0 Å². The zero-order valence-corrected chi connectivity index (χ0v) is 9.67. The number of rotatable bonds is 3. The second kappa shape index (κ2) is 3.89. The van der Waals surface area contributed by atoms with E-state index in [1.165, 1.54) is 0 Å². The lowest BCUT2D eigenvalue weighted by Crippen LogP contribution is -2.13. The van der Waals surface area contributed by atoms with Gasteiger partial charge in [-0.15, -0.1) is 0 Å². The van der Waals surface area contributed by atoms with Crippen LogP contribution in [0.5, 0.6) is 0 Å². The van der Waals surface area contributed by atoms with E-state index >= 15 is 0 Å². The maximum atomic E-state index is 10.8.